The van der Waals surface area contributed by atoms with Crippen LogP contribution in [0.4, 0.5) is 0 Å². The van der Waals surface area contributed by atoms with Crippen molar-refractivity contribution < 1.29 is 0 Å². The molecule has 0 atom stereocenters. The van der Waals surface area contributed by atoms with Crippen LogP contribution in [0.5, 0.6) is 0 Å². The minimum atomic E-state index is 1.13. The van der Waals surface area contributed by atoms with Crippen LogP contribution in [0.2, 0.25) is 0 Å². The lowest BCUT2D eigenvalue weighted by molar-refractivity contribution is 0.978. The summed E-state index contributed by atoms with van der Waals surface area (Å²) in [6.07, 6.45) is 3.46. The molecule has 0 nitrogen and oxygen atoms in total. The topological polar surface area (TPSA) is 0 Å². The summed E-state index contributed by atoms with van der Waals surface area (Å²) in [4.78, 5) is 2.83. The zero-order valence-corrected chi connectivity index (χ0v) is 8.71. The van der Waals surface area contributed by atoms with E-state index in [0.29, 0.717) is 0 Å². The first-order chi connectivity index (χ1) is 5.77. The minimum Gasteiger partial charge on any atom is -0.141 e. The van der Waals surface area contributed by atoms with Crippen molar-refractivity contribution in [1.82, 2.24) is 0 Å². The highest BCUT2D eigenvalue weighted by Crippen LogP contribution is 2.26. The number of rotatable bonds is 4. The molecule has 12 heavy (non-hydrogen) atoms. The first-order valence-electron chi connectivity index (χ1n) is 4.54. The fourth-order valence-corrected chi connectivity index (χ4v) is 2.13. The Labute approximate surface area is 78.9 Å². The molecule has 0 unspecified atom stereocenters. The lowest BCUT2D eigenvalue weighted by Gasteiger charge is -1.98. The van der Waals surface area contributed by atoms with Crippen LogP contribution < -0.4 is 0 Å². The van der Waals surface area contributed by atoms with Crippen molar-refractivity contribution in [3.63, 3.8) is 0 Å². The highest BCUT2D eigenvalue weighted by atomic mass is 32.1. The summed E-state index contributed by atoms with van der Waals surface area (Å²) >= 11 is 1.88. The largest absolute Gasteiger partial charge is 0.141 e. The van der Waals surface area contributed by atoms with E-state index in [9.17, 15) is 0 Å². The maximum absolute atomic E-state index is 4.07. The zero-order chi connectivity index (χ0) is 8.97. The number of thiophene rings is 1. The van der Waals surface area contributed by atoms with Crippen molar-refractivity contribution in [2.24, 2.45) is 0 Å². The van der Waals surface area contributed by atoms with Gasteiger partial charge >= 0.3 is 0 Å². The third kappa shape index (κ3) is 2.21. The van der Waals surface area contributed by atoms with Gasteiger partial charge in [-0.15, -0.1) is 11.3 Å². The molecule has 1 aromatic heterocycles. The Morgan fingerprint density at radius 2 is 2.17 bits per heavy atom. The van der Waals surface area contributed by atoms with Gasteiger partial charge in [0, 0.05) is 9.75 Å². The van der Waals surface area contributed by atoms with Gasteiger partial charge in [0.15, 0.2) is 0 Å². The fourth-order valence-electron chi connectivity index (χ4n) is 1.18. The molecular formula is C11H16S. The van der Waals surface area contributed by atoms with Crippen LogP contribution in [0.1, 0.15) is 36.4 Å². The Morgan fingerprint density at radius 1 is 1.42 bits per heavy atom. The first kappa shape index (κ1) is 9.53. The Bertz CT molecular complexity index is 258. The molecule has 0 aliphatic rings. The van der Waals surface area contributed by atoms with Gasteiger partial charge in [0.05, 0.1) is 0 Å². The van der Waals surface area contributed by atoms with E-state index >= 15 is 0 Å². The average Bonchev–Trinajstić information content (AvgIpc) is 2.52. The summed E-state index contributed by atoms with van der Waals surface area (Å²) in [5.41, 5.74) is 1.29. The zero-order valence-electron chi connectivity index (χ0n) is 7.89. The molecule has 0 saturated heterocycles. The molecule has 0 spiro atoms. The molecule has 1 heteroatoms. The average molecular weight is 180 g/mol. The van der Waals surface area contributed by atoms with Crippen LogP contribution in [-0.4, -0.2) is 0 Å². The third-order valence-corrected chi connectivity index (χ3v) is 3.24. The van der Waals surface area contributed by atoms with Crippen molar-refractivity contribution in [1.29, 1.82) is 0 Å². The van der Waals surface area contributed by atoms with Crippen molar-refractivity contribution in [3.8, 4) is 0 Å². The second-order valence-electron chi connectivity index (χ2n) is 2.97. The van der Waals surface area contributed by atoms with Gasteiger partial charge in [-0.2, -0.15) is 0 Å². The van der Waals surface area contributed by atoms with Crippen LogP contribution in [-0.2, 0) is 6.42 Å². The highest BCUT2D eigenvalue weighted by molar-refractivity contribution is 7.13. The molecule has 0 saturated carbocycles. The van der Waals surface area contributed by atoms with Gasteiger partial charge in [-0.3, -0.25) is 0 Å². The first-order valence-corrected chi connectivity index (χ1v) is 5.36. The van der Waals surface area contributed by atoms with Crippen molar-refractivity contribution >= 4 is 16.9 Å². The van der Waals surface area contributed by atoms with E-state index in [-0.39, 0.29) is 0 Å². The van der Waals surface area contributed by atoms with E-state index in [4.69, 9.17) is 0 Å². The van der Waals surface area contributed by atoms with Crippen LogP contribution in [0.3, 0.4) is 0 Å². The Morgan fingerprint density at radius 3 is 2.67 bits per heavy atom. The minimum absolute atomic E-state index is 1.13. The van der Waals surface area contributed by atoms with Gasteiger partial charge in [0.1, 0.15) is 0 Å². The number of hydrogen-bond acceptors (Lipinski definition) is 1. The Kier molecular flexibility index (Phi) is 3.54. The quantitative estimate of drug-likeness (QED) is 0.653. The van der Waals surface area contributed by atoms with Gasteiger partial charge in [-0.1, -0.05) is 26.8 Å². The predicted octanol–water partition coefficient (Wildman–Crippen LogP) is 4.12. The smallest absolute Gasteiger partial charge is 0.0299 e. The standard InChI is InChI=1S/C11H16S/c1-4-6-9(3)11-8-7-10(5-2)12-11/h7-8H,3-6H2,1-2H3. The van der Waals surface area contributed by atoms with Crippen LogP contribution in [0.15, 0.2) is 18.7 Å². The second kappa shape index (κ2) is 4.46. The summed E-state index contributed by atoms with van der Waals surface area (Å²) in [6, 6.07) is 4.41. The Hall–Kier alpha value is -0.560. The number of allylic oxidation sites excluding steroid dienone is 1. The Balaban J connectivity index is 2.68. The van der Waals surface area contributed by atoms with Crippen molar-refractivity contribution in [2.75, 3.05) is 0 Å². The van der Waals surface area contributed by atoms with Crippen LogP contribution in [0.25, 0.3) is 5.57 Å². The van der Waals surface area contributed by atoms with Gasteiger partial charge < -0.3 is 0 Å². The lowest BCUT2D eigenvalue weighted by atomic mass is 10.1. The molecule has 1 aromatic rings. The molecule has 1 heterocycles. The van der Waals surface area contributed by atoms with Crippen molar-refractivity contribution in [2.45, 2.75) is 33.1 Å². The van der Waals surface area contributed by atoms with Crippen LogP contribution in [0, 0.1) is 0 Å². The fraction of sp³-hybridized carbons (Fsp3) is 0.455. The van der Waals surface area contributed by atoms with E-state index in [0.717, 1.165) is 12.8 Å². The number of aryl methyl sites for hydroxylation is 1. The summed E-state index contributed by atoms with van der Waals surface area (Å²) in [7, 11) is 0. The second-order valence-corrected chi connectivity index (χ2v) is 4.14. The maximum Gasteiger partial charge on any atom is 0.0299 e. The molecule has 0 bridgehead atoms. The van der Waals surface area contributed by atoms with Crippen LogP contribution >= 0.6 is 11.3 Å². The molecule has 0 fully saturated rings. The van der Waals surface area contributed by atoms with E-state index in [2.05, 4.69) is 32.6 Å². The number of hydrogen-bond donors (Lipinski definition) is 0. The van der Waals surface area contributed by atoms with E-state index in [1.807, 2.05) is 11.3 Å². The molecule has 66 valence electrons. The molecule has 0 radical (unpaired) electrons. The molecule has 0 aromatic carbocycles. The molecule has 0 N–H and O–H groups in total. The maximum atomic E-state index is 4.07. The molecule has 0 aliphatic carbocycles. The van der Waals surface area contributed by atoms with E-state index in [1.54, 1.807) is 0 Å². The van der Waals surface area contributed by atoms with Gasteiger partial charge in [-0.05, 0) is 30.5 Å². The van der Waals surface area contributed by atoms with E-state index in [1.165, 1.54) is 21.7 Å². The molecule has 1 rings (SSSR count). The SMILES string of the molecule is C=C(CCC)c1ccc(CC)s1. The highest BCUT2D eigenvalue weighted by Gasteiger charge is 2.01. The molecule has 0 amide bonds. The summed E-state index contributed by atoms with van der Waals surface area (Å²) in [6.45, 7) is 8.46. The van der Waals surface area contributed by atoms with Gasteiger partial charge in [0.25, 0.3) is 0 Å². The summed E-state index contributed by atoms with van der Waals surface area (Å²) < 4.78 is 0. The molecule has 0 aliphatic heterocycles. The predicted molar refractivity (Wildman–Crippen MR) is 57.6 cm³/mol. The van der Waals surface area contributed by atoms with Crippen molar-refractivity contribution in [3.05, 3.63) is 28.5 Å². The lowest BCUT2D eigenvalue weighted by Crippen LogP contribution is -1.74. The van der Waals surface area contributed by atoms with E-state index < -0.39 is 0 Å². The monoisotopic (exact) mass is 180 g/mol. The third-order valence-electron chi connectivity index (χ3n) is 1.91. The normalized spacial score (nSPS) is 10.2. The summed E-state index contributed by atoms with van der Waals surface area (Å²) in [5.74, 6) is 0. The molecular weight excluding hydrogens is 164 g/mol. The van der Waals surface area contributed by atoms with Gasteiger partial charge in [0.2, 0.25) is 0 Å². The van der Waals surface area contributed by atoms with Gasteiger partial charge in [-0.25, -0.2) is 0 Å². The summed E-state index contributed by atoms with van der Waals surface area (Å²) in [5, 5.41) is 0.